The number of carbonyl (C=O) groups excluding carboxylic acids is 2. The van der Waals surface area contributed by atoms with Gasteiger partial charge in [-0.2, -0.15) is 0 Å². The van der Waals surface area contributed by atoms with Crippen molar-refractivity contribution < 1.29 is 34.1 Å². The largest absolute Gasteiger partial charge is 0.489 e. The monoisotopic (exact) mass is 547 g/mol. The third-order valence-corrected chi connectivity index (χ3v) is 6.98. The lowest BCUT2D eigenvalue weighted by Gasteiger charge is -2.35. The molecule has 5 rings (SSSR count). The van der Waals surface area contributed by atoms with E-state index < -0.39 is 12.0 Å². The van der Waals surface area contributed by atoms with Crippen molar-refractivity contribution in [3.8, 4) is 17.2 Å². The highest BCUT2D eigenvalue weighted by atomic mass is 16.7. The number of fused-ring (bicyclic) bond motifs is 1. The van der Waals surface area contributed by atoms with Crippen molar-refractivity contribution in [3.05, 3.63) is 89.5 Å². The van der Waals surface area contributed by atoms with Gasteiger partial charge < -0.3 is 24.2 Å². The van der Waals surface area contributed by atoms with E-state index >= 15 is 0 Å². The molecule has 0 saturated carbocycles. The molecule has 2 aliphatic heterocycles. The van der Waals surface area contributed by atoms with Gasteiger partial charge in [-0.15, -0.1) is 0 Å². The Morgan fingerprint density at radius 2 is 1.57 bits per heavy atom. The number of aliphatic hydroxyl groups is 1. The van der Waals surface area contributed by atoms with Crippen molar-refractivity contribution in [3.63, 3.8) is 0 Å². The summed E-state index contributed by atoms with van der Waals surface area (Å²) in [6.07, 6.45) is -2.01. The Kier molecular flexibility index (Phi) is 8.80. The van der Waals surface area contributed by atoms with Crippen LogP contribution in [0.4, 0.5) is 0 Å². The number of hydrogen-bond acceptors (Lipinski definition) is 8. The Balaban J connectivity index is 1.03. The number of hydroxylamine groups is 2. The van der Waals surface area contributed by atoms with E-state index in [1.807, 2.05) is 48.5 Å². The average molecular weight is 548 g/mol. The zero-order valence-electron chi connectivity index (χ0n) is 22.1. The molecule has 0 spiro atoms. The van der Waals surface area contributed by atoms with Crippen molar-refractivity contribution in [2.75, 3.05) is 33.0 Å². The Morgan fingerprint density at radius 3 is 2.33 bits per heavy atom. The number of benzene rings is 3. The zero-order valence-corrected chi connectivity index (χ0v) is 22.1. The van der Waals surface area contributed by atoms with E-state index in [0.717, 1.165) is 29.2 Å². The van der Waals surface area contributed by atoms with Crippen LogP contribution in [0.2, 0.25) is 0 Å². The molecule has 1 fully saturated rings. The first-order valence-corrected chi connectivity index (χ1v) is 13.3. The first-order valence-electron chi connectivity index (χ1n) is 13.3. The van der Waals surface area contributed by atoms with Crippen molar-refractivity contribution in [1.82, 2.24) is 14.9 Å². The van der Waals surface area contributed by atoms with Crippen LogP contribution in [0.3, 0.4) is 0 Å². The Morgan fingerprint density at radius 1 is 0.875 bits per heavy atom. The van der Waals surface area contributed by atoms with E-state index in [2.05, 4.69) is 4.90 Å². The molecule has 0 aromatic heterocycles. The Hall–Kier alpha value is -4.12. The quantitative estimate of drug-likeness (QED) is 0.295. The van der Waals surface area contributed by atoms with E-state index in [0.29, 0.717) is 49.2 Å². The van der Waals surface area contributed by atoms with Gasteiger partial charge in [0.05, 0.1) is 13.0 Å². The second-order valence-corrected chi connectivity index (χ2v) is 9.88. The van der Waals surface area contributed by atoms with Crippen LogP contribution >= 0.6 is 0 Å². The lowest BCUT2D eigenvalue weighted by molar-refractivity contribution is -0.178. The van der Waals surface area contributed by atoms with Crippen molar-refractivity contribution in [2.45, 2.75) is 32.2 Å². The van der Waals surface area contributed by atoms with Gasteiger partial charge in [-0.1, -0.05) is 48.5 Å². The molecule has 0 radical (unpaired) electrons. The van der Waals surface area contributed by atoms with Crippen LogP contribution in [-0.4, -0.2) is 76.1 Å². The number of piperazine rings is 1. The number of nitrogens with zero attached hydrogens (tertiary/aromatic N) is 3. The first kappa shape index (κ1) is 27.4. The van der Waals surface area contributed by atoms with Crippen LogP contribution < -0.4 is 14.2 Å². The molecule has 1 atom stereocenters. The van der Waals surface area contributed by atoms with Crippen molar-refractivity contribution in [2.24, 2.45) is 0 Å². The van der Waals surface area contributed by atoms with E-state index in [-0.39, 0.29) is 25.7 Å². The van der Waals surface area contributed by atoms with Gasteiger partial charge in [0.15, 0.2) is 11.5 Å². The molecule has 210 valence electrons. The molecule has 0 bridgehead atoms. The number of rotatable bonds is 10. The minimum absolute atomic E-state index is 0.123. The summed E-state index contributed by atoms with van der Waals surface area (Å²) < 4.78 is 16.5. The summed E-state index contributed by atoms with van der Waals surface area (Å²) in [6.45, 7) is 3.58. The van der Waals surface area contributed by atoms with Crippen LogP contribution in [0.25, 0.3) is 0 Å². The predicted octanol–water partition coefficient (Wildman–Crippen LogP) is 2.81. The lowest BCUT2D eigenvalue weighted by Crippen LogP contribution is -2.49. The number of amides is 2. The van der Waals surface area contributed by atoms with Gasteiger partial charge in [0.2, 0.25) is 12.7 Å². The molecular weight excluding hydrogens is 514 g/mol. The number of ether oxygens (including phenoxy) is 3. The fraction of sp³-hybridized carbons (Fsp3) is 0.333. The van der Waals surface area contributed by atoms with Crippen LogP contribution in [0.5, 0.6) is 17.2 Å². The maximum atomic E-state index is 12.7. The second-order valence-electron chi connectivity index (χ2n) is 9.88. The van der Waals surface area contributed by atoms with Gasteiger partial charge in [-0.25, -0.2) is 5.06 Å². The molecule has 3 aromatic carbocycles. The molecule has 40 heavy (non-hydrogen) atoms. The molecule has 1 saturated heterocycles. The fourth-order valence-corrected chi connectivity index (χ4v) is 4.69. The topological polar surface area (TPSA) is 112 Å². The molecule has 10 nitrogen and oxygen atoms in total. The highest BCUT2D eigenvalue weighted by Crippen LogP contribution is 2.32. The zero-order chi connectivity index (χ0) is 27.9. The first-order chi connectivity index (χ1) is 19.4. The van der Waals surface area contributed by atoms with E-state index in [1.165, 1.54) is 0 Å². The smallest absolute Gasteiger partial charge is 0.275 e. The van der Waals surface area contributed by atoms with Crippen LogP contribution in [-0.2, 0) is 29.3 Å². The molecule has 0 unspecified atom stereocenters. The van der Waals surface area contributed by atoms with Gasteiger partial charge in [0.25, 0.3) is 5.91 Å². The molecule has 10 heteroatoms. The summed E-state index contributed by atoms with van der Waals surface area (Å²) in [6, 6.07) is 22.6. The summed E-state index contributed by atoms with van der Waals surface area (Å²) in [5, 5.41) is 21.1. The van der Waals surface area contributed by atoms with Gasteiger partial charge in [0, 0.05) is 32.7 Å². The van der Waals surface area contributed by atoms with Gasteiger partial charge in [0.1, 0.15) is 18.5 Å². The molecule has 3 aromatic rings. The maximum absolute atomic E-state index is 12.7. The molecule has 2 aliphatic rings. The summed E-state index contributed by atoms with van der Waals surface area (Å²) in [5.41, 5.74) is 2.80. The standard InChI is InChI=1S/C30H33N3O7/c34-26(30(36)33(37)19-22-6-9-25(10-7-22)38-20-23-4-2-1-3-5-23)17-29(35)32-14-12-31(13-15-32)18-24-8-11-27-28(16-24)40-21-39-27/h1-11,16,26,34,37H,12-15,17-21H2/t26-/m0/s1. The maximum Gasteiger partial charge on any atom is 0.275 e. The number of hydrogen-bond donors (Lipinski definition) is 2. The van der Waals surface area contributed by atoms with E-state index in [4.69, 9.17) is 14.2 Å². The minimum Gasteiger partial charge on any atom is -0.489 e. The van der Waals surface area contributed by atoms with Gasteiger partial charge in [-0.05, 0) is 41.0 Å². The summed E-state index contributed by atoms with van der Waals surface area (Å²) in [5.74, 6) is 0.907. The molecule has 0 aliphatic carbocycles. The third-order valence-electron chi connectivity index (χ3n) is 6.98. The highest BCUT2D eigenvalue weighted by Gasteiger charge is 2.28. The molecule has 2 N–H and O–H groups in total. The van der Waals surface area contributed by atoms with E-state index in [9.17, 15) is 19.9 Å². The van der Waals surface area contributed by atoms with Gasteiger partial charge in [-0.3, -0.25) is 19.7 Å². The fourth-order valence-electron chi connectivity index (χ4n) is 4.69. The normalized spacial score (nSPS) is 15.5. The van der Waals surface area contributed by atoms with E-state index in [1.54, 1.807) is 29.2 Å². The number of aliphatic hydroxyl groups excluding tert-OH is 1. The third kappa shape index (κ3) is 7.09. The molecule has 2 heterocycles. The van der Waals surface area contributed by atoms with Crippen LogP contribution in [0.15, 0.2) is 72.8 Å². The minimum atomic E-state index is -1.63. The van der Waals surface area contributed by atoms with Crippen molar-refractivity contribution in [1.29, 1.82) is 0 Å². The Bertz CT molecular complexity index is 1290. The predicted molar refractivity (Wildman–Crippen MR) is 145 cm³/mol. The summed E-state index contributed by atoms with van der Waals surface area (Å²) >= 11 is 0. The highest BCUT2D eigenvalue weighted by molar-refractivity contribution is 5.86. The second kappa shape index (κ2) is 12.8. The molecular formula is C30H33N3O7. The lowest BCUT2D eigenvalue weighted by atomic mass is 10.1. The van der Waals surface area contributed by atoms with Crippen LogP contribution in [0, 0.1) is 0 Å². The molecule has 2 amide bonds. The Labute approximate surface area is 232 Å². The summed E-state index contributed by atoms with van der Waals surface area (Å²) in [7, 11) is 0. The van der Waals surface area contributed by atoms with Crippen molar-refractivity contribution >= 4 is 11.8 Å². The van der Waals surface area contributed by atoms with Crippen LogP contribution in [0.1, 0.15) is 23.1 Å². The number of carbonyl (C=O) groups is 2. The van der Waals surface area contributed by atoms with Gasteiger partial charge >= 0.3 is 0 Å². The summed E-state index contributed by atoms with van der Waals surface area (Å²) in [4.78, 5) is 29.1. The average Bonchev–Trinajstić information content (AvgIpc) is 3.45. The SMILES string of the molecule is O=C([C@@H](O)CC(=O)N1CCN(Cc2ccc3c(c2)OCO3)CC1)N(O)Cc1ccc(OCc2ccccc2)cc1.